The Morgan fingerprint density at radius 3 is 1.77 bits per heavy atom. The first-order valence-corrected chi connectivity index (χ1v) is 14.5. The highest BCUT2D eigenvalue weighted by atomic mass is 15.0. The predicted molar refractivity (Wildman–Crippen MR) is 177 cm³/mol. The monoisotopic (exact) mass is 549 g/mol. The molecular weight excluding hydrogens is 526 g/mol. The molecule has 0 N–H and O–H groups in total. The molecule has 0 atom stereocenters. The zero-order valence-electron chi connectivity index (χ0n) is 23.0. The smallest absolute Gasteiger partial charge is 0.146 e. The van der Waals surface area contributed by atoms with Gasteiger partial charge >= 0.3 is 0 Å². The molecule has 43 heavy (non-hydrogen) atoms. The summed E-state index contributed by atoms with van der Waals surface area (Å²) in [5.74, 6) is 0. The second kappa shape index (κ2) is 8.30. The van der Waals surface area contributed by atoms with E-state index in [1.165, 1.54) is 43.6 Å². The van der Waals surface area contributed by atoms with Crippen LogP contribution < -0.4 is 0 Å². The van der Waals surface area contributed by atoms with Crippen LogP contribution in [0.2, 0.25) is 0 Å². The van der Waals surface area contributed by atoms with Crippen LogP contribution in [0.1, 0.15) is 0 Å². The van der Waals surface area contributed by atoms with Gasteiger partial charge in [0.25, 0.3) is 0 Å². The van der Waals surface area contributed by atoms with Gasteiger partial charge in [-0.05, 0) is 54.6 Å². The van der Waals surface area contributed by atoms with Crippen LogP contribution >= 0.6 is 0 Å². The van der Waals surface area contributed by atoms with E-state index in [-0.39, 0.29) is 0 Å². The molecule has 5 nitrogen and oxygen atoms in total. The lowest BCUT2D eigenvalue weighted by Crippen LogP contribution is -1.97. The molecule has 0 aliphatic carbocycles. The number of benzene rings is 5. The summed E-state index contributed by atoms with van der Waals surface area (Å²) in [6.45, 7) is 0. The summed E-state index contributed by atoms with van der Waals surface area (Å²) in [6.07, 6.45) is 5.73. The van der Waals surface area contributed by atoms with Crippen molar-refractivity contribution in [2.45, 2.75) is 0 Å². The quantitative estimate of drug-likeness (QED) is 0.202. The van der Waals surface area contributed by atoms with E-state index in [0.717, 1.165) is 38.8 Å². The highest BCUT2D eigenvalue weighted by Gasteiger charge is 2.23. The maximum atomic E-state index is 4.84. The second-order valence-electron chi connectivity index (χ2n) is 11.1. The van der Waals surface area contributed by atoms with Crippen molar-refractivity contribution in [1.29, 1.82) is 0 Å². The van der Waals surface area contributed by atoms with Crippen molar-refractivity contribution in [1.82, 2.24) is 23.5 Å². The summed E-state index contributed by atoms with van der Waals surface area (Å²) < 4.78 is 6.97. The van der Waals surface area contributed by atoms with Gasteiger partial charge in [-0.25, -0.2) is 9.97 Å². The number of aromatic nitrogens is 5. The number of imidazole rings is 1. The van der Waals surface area contributed by atoms with Crippen LogP contribution in [0.5, 0.6) is 0 Å². The second-order valence-corrected chi connectivity index (χ2v) is 11.1. The first-order valence-electron chi connectivity index (χ1n) is 14.5. The fourth-order valence-electron chi connectivity index (χ4n) is 7.25. The van der Waals surface area contributed by atoms with Crippen LogP contribution in [-0.4, -0.2) is 23.5 Å². The number of rotatable bonds is 2. The van der Waals surface area contributed by atoms with Crippen LogP contribution in [0, 0.1) is 0 Å². The Morgan fingerprint density at radius 2 is 0.977 bits per heavy atom. The Kier molecular flexibility index (Phi) is 4.39. The molecule has 0 saturated carbocycles. The average Bonchev–Trinajstić information content (AvgIpc) is 3.78. The van der Waals surface area contributed by atoms with Gasteiger partial charge in [-0.15, -0.1) is 0 Å². The fourth-order valence-corrected chi connectivity index (χ4v) is 7.25. The van der Waals surface area contributed by atoms with Crippen molar-refractivity contribution in [2.75, 3.05) is 0 Å². The fraction of sp³-hybridized carbons (Fsp3) is 0. The zero-order valence-corrected chi connectivity index (χ0v) is 23.0. The number of pyridine rings is 2. The van der Waals surface area contributed by atoms with E-state index in [1.54, 1.807) is 0 Å². The van der Waals surface area contributed by atoms with E-state index in [9.17, 15) is 0 Å². The van der Waals surface area contributed by atoms with Gasteiger partial charge in [0.05, 0.1) is 22.1 Å². The van der Waals surface area contributed by atoms with Crippen molar-refractivity contribution >= 4 is 71.1 Å². The molecule has 10 aromatic rings. The van der Waals surface area contributed by atoms with E-state index in [4.69, 9.17) is 9.97 Å². The van der Waals surface area contributed by atoms with E-state index >= 15 is 0 Å². The van der Waals surface area contributed by atoms with Gasteiger partial charge in [0.2, 0.25) is 0 Å². The molecule has 200 valence electrons. The molecule has 0 saturated heterocycles. The summed E-state index contributed by atoms with van der Waals surface area (Å²) in [5, 5.41) is 8.31. The molecule has 5 aromatic heterocycles. The van der Waals surface area contributed by atoms with Crippen molar-refractivity contribution in [3.8, 4) is 11.4 Å². The van der Waals surface area contributed by atoms with E-state index in [1.807, 2.05) is 24.7 Å². The minimum absolute atomic E-state index is 0.906. The SMILES string of the molecule is c1ccc(-n2c3ccccc3c3ccc4c(c5ccc6c(c7cccnc7n7ccnc67)c5n4-c4ccccc4)c32)cc1. The molecule has 5 heterocycles. The minimum Gasteiger partial charge on any atom is -0.309 e. The first-order chi connectivity index (χ1) is 21.4. The van der Waals surface area contributed by atoms with Gasteiger partial charge in [-0.1, -0.05) is 66.7 Å². The topological polar surface area (TPSA) is 40.1 Å². The third-order valence-corrected chi connectivity index (χ3v) is 8.92. The van der Waals surface area contributed by atoms with Crippen LogP contribution in [0.25, 0.3) is 82.4 Å². The number of fused-ring (bicyclic) bond motifs is 14. The Balaban J connectivity index is 1.54. The Hall–Kier alpha value is -5.94. The third-order valence-electron chi connectivity index (χ3n) is 8.92. The standard InChI is InChI=1S/C38H23N5/c1-3-10-24(11-4-1)42-31-16-8-7-14-26(31)27-19-20-32-34(35(27)42)28-17-18-30-33(36(28)43(32)25-12-5-2-6-13-25)29-15-9-21-39-37(29)41-23-22-40-38(30)41/h1-23H. The highest BCUT2D eigenvalue weighted by molar-refractivity contribution is 6.32. The van der Waals surface area contributed by atoms with Crippen LogP contribution in [0.15, 0.2) is 140 Å². The molecule has 0 aliphatic heterocycles. The molecule has 5 aromatic carbocycles. The predicted octanol–water partition coefficient (Wildman–Crippen LogP) is 9.23. The molecular formula is C38H23N5. The molecule has 0 fully saturated rings. The lowest BCUT2D eigenvalue weighted by molar-refractivity contribution is 1.18. The van der Waals surface area contributed by atoms with Gasteiger partial charge in [-0.2, -0.15) is 0 Å². The normalized spacial score (nSPS) is 12.2. The average molecular weight is 550 g/mol. The Labute approximate surface area is 245 Å². The lowest BCUT2D eigenvalue weighted by atomic mass is 10.0. The third kappa shape index (κ3) is 2.90. The number of nitrogens with zero attached hydrogens (tertiary/aromatic N) is 5. The van der Waals surface area contributed by atoms with Gasteiger partial charge in [-0.3, -0.25) is 4.40 Å². The molecule has 0 bridgehead atoms. The van der Waals surface area contributed by atoms with Crippen molar-refractivity contribution in [2.24, 2.45) is 0 Å². The molecule has 0 aliphatic rings. The summed E-state index contributed by atoms with van der Waals surface area (Å²) >= 11 is 0. The molecule has 0 unspecified atom stereocenters. The first kappa shape index (κ1) is 22.7. The number of hydrogen-bond donors (Lipinski definition) is 0. The van der Waals surface area contributed by atoms with Gasteiger partial charge in [0, 0.05) is 67.7 Å². The Bertz CT molecular complexity index is 2710. The zero-order chi connectivity index (χ0) is 28.1. The Morgan fingerprint density at radius 1 is 0.395 bits per heavy atom. The van der Waals surface area contributed by atoms with Gasteiger partial charge < -0.3 is 9.13 Å². The summed E-state index contributed by atoms with van der Waals surface area (Å²) in [4.78, 5) is 9.64. The van der Waals surface area contributed by atoms with Gasteiger partial charge in [0.15, 0.2) is 0 Å². The molecule has 0 amide bonds. The number of para-hydroxylation sites is 3. The van der Waals surface area contributed by atoms with E-state index in [0.29, 0.717) is 0 Å². The van der Waals surface area contributed by atoms with Crippen LogP contribution in [0.4, 0.5) is 0 Å². The minimum atomic E-state index is 0.906. The van der Waals surface area contributed by atoms with Crippen molar-refractivity contribution in [3.05, 3.63) is 140 Å². The van der Waals surface area contributed by atoms with Crippen LogP contribution in [-0.2, 0) is 0 Å². The molecule has 5 heteroatoms. The molecule has 0 spiro atoms. The van der Waals surface area contributed by atoms with E-state index in [2.05, 4.69) is 129 Å². The largest absolute Gasteiger partial charge is 0.309 e. The van der Waals surface area contributed by atoms with Crippen molar-refractivity contribution < 1.29 is 0 Å². The maximum absolute atomic E-state index is 4.84. The lowest BCUT2D eigenvalue weighted by Gasteiger charge is -2.12. The maximum Gasteiger partial charge on any atom is 0.146 e. The van der Waals surface area contributed by atoms with Crippen molar-refractivity contribution in [3.63, 3.8) is 0 Å². The van der Waals surface area contributed by atoms with E-state index < -0.39 is 0 Å². The summed E-state index contributed by atoms with van der Waals surface area (Å²) in [6, 6.07) is 43.5. The van der Waals surface area contributed by atoms with Gasteiger partial charge in [0.1, 0.15) is 11.3 Å². The highest BCUT2D eigenvalue weighted by Crippen LogP contribution is 2.45. The molecule has 10 rings (SSSR count). The van der Waals surface area contributed by atoms with Crippen LogP contribution in [0.3, 0.4) is 0 Å². The number of hydrogen-bond acceptors (Lipinski definition) is 2. The summed E-state index contributed by atoms with van der Waals surface area (Å²) in [5.41, 5.74) is 8.84. The summed E-state index contributed by atoms with van der Waals surface area (Å²) in [7, 11) is 0. The molecule has 0 radical (unpaired) electrons.